The van der Waals surface area contributed by atoms with Crippen LogP contribution in [0.4, 0.5) is 0 Å². The first-order valence-corrected chi connectivity index (χ1v) is 5.12. The quantitative estimate of drug-likeness (QED) is 0.706. The molecule has 13 heavy (non-hydrogen) atoms. The van der Waals surface area contributed by atoms with Crippen molar-refractivity contribution in [2.75, 3.05) is 20.1 Å². The van der Waals surface area contributed by atoms with Crippen LogP contribution >= 0.6 is 0 Å². The van der Waals surface area contributed by atoms with Crippen molar-refractivity contribution in [3.63, 3.8) is 0 Å². The van der Waals surface area contributed by atoms with Gasteiger partial charge in [-0.1, -0.05) is 6.92 Å². The van der Waals surface area contributed by atoms with Crippen LogP contribution in [0.5, 0.6) is 0 Å². The van der Waals surface area contributed by atoms with Crippen molar-refractivity contribution in [1.29, 1.82) is 0 Å². The maximum atomic E-state index is 11.7. The number of nitrogens with two attached hydrogens (primary N) is 1. The van der Waals surface area contributed by atoms with Gasteiger partial charge in [0, 0.05) is 19.5 Å². The van der Waals surface area contributed by atoms with E-state index in [4.69, 9.17) is 5.73 Å². The van der Waals surface area contributed by atoms with Gasteiger partial charge in [-0.3, -0.25) is 4.79 Å². The third-order valence-corrected chi connectivity index (χ3v) is 3.01. The van der Waals surface area contributed by atoms with E-state index >= 15 is 0 Å². The summed E-state index contributed by atoms with van der Waals surface area (Å²) in [6.07, 6.45) is 3.15. The third kappa shape index (κ3) is 2.44. The minimum Gasteiger partial charge on any atom is -0.346 e. The average Bonchev–Trinajstić information content (AvgIpc) is 2.10. The SMILES string of the molecule is CC(CCN)C1CCCN(C)C1=O. The lowest BCUT2D eigenvalue weighted by molar-refractivity contribution is -0.138. The van der Waals surface area contributed by atoms with E-state index in [1.165, 1.54) is 0 Å². The number of carbonyl (C=O) groups excluding carboxylic acids is 1. The summed E-state index contributed by atoms with van der Waals surface area (Å²) in [5, 5.41) is 0. The van der Waals surface area contributed by atoms with Gasteiger partial charge in [-0.2, -0.15) is 0 Å². The highest BCUT2D eigenvalue weighted by Gasteiger charge is 2.29. The van der Waals surface area contributed by atoms with Gasteiger partial charge in [0.2, 0.25) is 5.91 Å². The molecule has 0 saturated carbocycles. The summed E-state index contributed by atoms with van der Waals surface area (Å²) in [5.74, 6) is 0.981. The van der Waals surface area contributed by atoms with Crippen LogP contribution in [0.25, 0.3) is 0 Å². The van der Waals surface area contributed by atoms with Gasteiger partial charge in [0.05, 0.1) is 0 Å². The third-order valence-electron chi connectivity index (χ3n) is 3.01. The Morgan fingerprint density at radius 2 is 2.38 bits per heavy atom. The van der Waals surface area contributed by atoms with Crippen LogP contribution in [0.2, 0.25) is 0 Å². The Kier molecular flexibility index (Phi) is 3.72. The second-order valence-corrected chi connectivity index (χ2v) is 4.06. The summed E-state index contributed by atoms with van der Waals surface area (Å²) in [7, 11) is 1.89. The molecule has 0 aromatic heterocycles. The molecule has 1 rings (SSSR count). The van der Waals surface area contributed by atoms with E-state index in [1.807, 2.05) is 11.9 Å². The summed E-state index contributed by atoms with van der Waals surface area (Å²) in [5.41, 5.74) is 5.49. The van der Waals surface area contributed by atoms with E-state index in [-0.39, 0.29) is 5.92 Å². The Labute approximate surface area is 80.3 Å². The molecule has 2 N–H and O–H groups in total. The van der Waals surface area contributed by atoms with Gasteiger partial charge < -0.3 is 10.6 Å². The molecule has 1 saturated heterocycles. The molecule has 76 valence electrons. The van der Waals surface area contributed by atoms with Crippen molar-refractivity contribution >= 4 is 5.91 Å². The highest BCUT2D eigenvalue weighted by molar-refractivity contribution is 5.79. The molecule has 2 unspecified atom stereocenters. The smallest absolute Gasteiger partial charge is 0.225 e. The fourth-order valence-corrected chi connectivity index (χ4v) is 2.06. The summed E-state index contributed by atoms with van der Waals surface area (Å²) in [6.45, 7) is 3.74. The van der Waals surface area contributed by atoms with Crippen molar-refractivity contribution in [1.82, 2.24) is 4.90 Å². The molecule has 1 heterocycles. The van der Waals surface area contributed by atoms with Crippen molar-refractivity contribution in [2.24, 2.45) is 17.6 Å². The first-order valence-electron chi connectivity index (χ1n) is 5.12. The fraction of sp³-hybridized carbons (Fsp3) is 0.900. The Morgan fingerprint density at radius 1 is 1.69 bits per heavy atom. The number of piperidine rings is 1. The van der Waals surface area contributed by atoms with Crippen LogP contribution < -0.4 is 5.73 Å². The minimum absolute atomic E-state index is 0.224. The molecule has 0 aromatic rings. The summed E-state index contributed by atoms with van der Waals surface area (Å²) >= 11 is 0. The van der Waals surface area contributed by atoms with E-state index in [0.29, 0.717) is 18.4 Å². The Hall–Kier alpha value is -0.570. The summed E-state index contributed by atoms with van der Waals surface area (Å²) < 4.78 is 0. The molecule has 0 aliphatic carbocycles. The number of hydrogen-bond donors (Lipinski definition) is 1. The molecule has 1 fully saturated rings. The maximum Gasteiger partial charge on any atom is 0.225 e. The van der Waals surface area contributed by atoms with E-state index in [2.05, 4.69) is 6.92 Å². The van der Waals surface area contributed by atoms with Gasteiger partial charge in [0.1, 0.15) is 0 Å². The van der Waals surface area contributed by atoms with Gasteiger partial charge in [-0.05, 0) is 31.7 Å². The van der Waals surface area contributed by atoms with Crippen LogP contribution in [0, 0.1) is 11.8 Å². The van der Waals surface area contributed by atoms with Crippen molar-refractivity contribution < 1.29 is 4.79 Å². The molecule has 3 nitrogen and oxygen atoms in total. The topological polar surface area (TPSA) is 46.3 Å². The first kappa shape index (κ1) is 10.5. The number of nitrogens with zero attached hydrogens (tertiary/aromatic N) is 1. The predicted octanol–water partition coefficient (Wildman–Crippen LogP) is 0.840. The zero-order valence-electron chi connectivity index (χ0n) is 8.62. The van der Waals surface area contributed by atoms with Crippen molar-refractivity contribution in [3.8, 4) is 0 Å². The normalized spacial score (nSPS) is 26.2. The molecule has 0 radical (unpaired) electrons. The molecular formula is C10H20N2O. The zero-order valence-corrected chi connectivity index (χ0v) is 8.62. The molecular weight excluding hydrogens is 164 g/mol. The van der Waals surface area contributed by atoms with Crippen LogP contribution in [0.15, 0.2) is 0 Å². The van der Waals surface area contributed by atoms with Gasteiger partial charge in [0.15, 0.2) is 0 Å². The van der Waals surface area contributed by atoms with Gasteiger partial charge >= 0.3 is 0 Å². The highest BCUT2D eigenvalue weighted by Crippen LogP contribution is 2.25. The van der Waals surface area contributed by atoms with Crippen LogP contribution in [-0.2, 0) is 4.79 Å². The van der Waals surface area contributed by atoms with Gasteiger partial charge in [0.25, 0.3) is 0 Å². The maximum absolute atomic E-state index is 11.7. The van der Waals surface area contributed by atoms with E-state index < -0.39 is 0 Å². The number of carbonyl (C=O) groups is 1. The number of rotatable bonds is 3. The van der Waals surface area contributed by atoms with E-state index in [1.54, 1.807) is 0 Å². The lowest BCUT2D eigenvalue weighted by atomic mass is 9.84. The zero-order chi connectivity index (χ0) is 9.84. The fourth-order valence-electron chi connectivity index (χ4n) is 2.06. The number of amides is 1. The largest absolute Gasteiger partial charge is 0.346 e. The van der Waals surface area contributed by atoms with Crippen LogP contribution in [0.3, 0.4) is 0 Å². The van der Waals surface area contributed by atoms with Crippen molar-refractivity contribution in [2.45, 2.75) is 26.2 Å². The Morgan fingerprint density at radius 3 is 3.00 bits per heavy atom. The van der Waals surface area contributed by atoms with Gasteiger partial charge in [-0.25, -0.2) is 0 Å². The number of likely N-dealkylation sites (tertiary alicyclic amines) is 1. The molecule has 0 bridgehead atoms. The van der Waals surface area contributed by atoms with Gasteiger partial charge in [-0.15, -0.1) is 0 Å². The first-order chi connectivity index (χ1) is 6.16. The molecule has 3 heteroatoms. The lowest BCUT2D eigenvalue weighted by Crippen LogP contribution is -2.41. The van der Waals surface area contributed by atoms with Crippen LogP contribution in [-0.4, -0.2) is 30.9 Å². The monoisotopic (exact) mass is 184 g/mol. The minimum atomic E-state index is 0.224. The molecule has 1 aliphatic rings. The molecule has 0 spiro atoms. The predicted molar refractivity (Wildman–Crippen MR) is 53.2 cm³/mol. The average molecular weight is 184 g/mol. The molecule has 0 aromatic carbocycles. The van der Waals surface area contributed by atoms with Crippen molar-refractivity contribution in [3.05, 3.63) is 0 Å². The standard InChI is InChI=1S/C10H20N2O/c1-8(5-6-11)9-4-3-7-12(2)10(9)13/h8-9H,3-7,11H2,1-2H3. The molecule has 1 amide bonds. The molecule has 1 aliphatic heterocycles. The van der Waals surface area contributed by atoms with Crippen LogP contribution in [0.1, 0.15) is 26.2 Å². The Bertz CT molecular complexity index is 182. The second kappa shape index (κ2) is 4.61. The second-order valence-electron chi connectivity index (χ2n) is 4.06. The summed E-state index contributed by atoms with van der Waals surface area (Å²) in [6, 6.07) is 0. The Balaban J connectivity index is 2.52. The van der Waals surface area contributed by atoms with E-state index in [9.17, 15) is 4.79 Å². The van der Waals surface area contributed by atoms with E-state index in [0.717, 1.165) is 25.8 Å². The summed E-state index contributed by atoms with van der Waals surface area (Å²) in [4.78, 5) is 13.6. The lowest BCUT2D eigenvalue weighted by Gasteiger charge is -2.32. The highest BCUT2D eigenvalue weighted by atomic mass is 16.2. The molecule has 2 atom stereocenters. The number of hydrogen-bond acceptors (Lipinski definition) is 2.